The molecule has 11 nitrogen and oxygen atoms in total. The van der Waals surface area contributed by atoms with Crippen LogP contribution >= 0.6 is 11.6 Å². The molecule has 0 bridgehead atoms. The summed E-state index contributed by atoms with van der Waals surface area (Å²) in [7, 11) is 0.914. The van der Waals surface area contributed by atoms with Crippen molar-refractivity contribution in [2.75, 3.05) is 33.5 Å². The highest BCUT2D eigenvalue weighted by Gasteiger charge is 2.47. The van der Waals surface area contributed by atoms with Crippen LogP contribution in [0.2, 0.25) is 5.02 Å². The minimum Gasteiger partial charge on any atom is -0.478 e. The molecule has 0 spiro atoms. The molecule has 0 aromatic heterocycles. The van der Waals surface area contributed by atoms with Gasteiger partial charge in [0.05, 0.1) is 59.4 Å². The van der Waals surface area contributed by atoms with Crippen molar-refractivity contribution in [2.45, 2.75) is 37.5 Å². The van der Waals surface area contributed by atoms with E-state index in [-0.39, 0.29) is 18.8 Å². The highest BCUT2D eigenvalue weighted by Crippen LogP contribution is 2.48. The number of nitrogens with one attached hydrogen (secondary N) is 1. The summed E-state index contributed by atoms with van der Waals surface area (Å²) in [5.74, 6) is -8.39. The molecule has 2 aliphatic rings. The number of allylic oxidation sites excluding steroid dienone is 1. The van der Waals surface area contributed by atoms with Gasteiger partial charge in [-0.05, 0) is 31.4 Å². The summed E-state index contributed by atoms with van der Waals surface area (Å²) in [4.78, 5) is 45.2. The second-order valence-corrected chi connectivity index (χ2v) is 9.50. The van der Waals surface area contributed by atoms with Crippen molar-refractivity contribution in [1.82, 2.24) is 5.32 Å². The number of halogens is 6. The van der Waals surface area contributed by atoms with E-state index in [0.29, 0.717) is 37.1 Å². The van der Waals surface area contributed by atoms with Crippen molar-refractivity contribution in [2.24, 2.45) is 5.73 Å². The lowest BCUT2D eigenvalue weighted by Gasteiger charge is -2.34. The Bertz CT molecular complexity index is 1340. The predicted molar refractivity (Wildman–Crippen MR) is 142 cm³/mol. The molecule has 1 atom stereocenters. The number of aliphatic carboxylic acids is 2. The first kappa shape index (κ1) is 36.2. The number of dihydropyridines is 1. The molecule has 1 aliphatic carbocycles. The van der Waals surface area contributed by atoms with Gasteiger partial charge in [-0.2, -0.15) is 13.2 Å². The normalized spacial score (nSPS) is 17.0. The van der Waals surface area contributed by atoms with Crippen LogP contribution in [0.4, 0.5) is 22.0 Å². The largest absolute Gasteiger partial charge is 0.478 e. The highest BCUT2D eigenvalue weighted by molar-refractivity contribution is 6.31. The molecule has 242 valence electrons. The van der Waals surface area contributed by atoms with Gasteiger partial charge in [0, 0.05) is 24.3 Å². The van der Waals surface area contributed by atoms with Gasteiger partial charge in [0.1, 0.15) is 18.6 Å². The van der Waals surface area contributed by atoms with Crippen molar-refractivity contribution in [1.29, 1.82) is 0 Å². The number of carboxylic acids is 2. The molecule has 1 heterocycles. The average molecular weight is 655 g/mol. The first-order chi connectivity index (χ1) is 20.7. The molecule has 1 aromatic rings. The minimum atomic E-state index is -5.20. The second-order valence-electron chi connectivity index (χ2n) is 9.09. The Balaban J connectivity index is 0.000000742. The number of methoxy groups -OCH3 is 1. The Morgan fingerprint density at radius 3 is 2.11 bits per heavy atom. The molecule has 1 saturated carbocycles. The number of carbonyl (C=O) groups excluding carboxylic acids is 2. The van der Waals surface area contributed by atoms with E-state index in [2.05, 4.69) is 10.1 Å². The fraction of sp³-hybridized carbons (Fsp3) is 0.407. The fourth-order valence-corrected chi connectivity index (χ4v) is 4.42. The third kappa shape index (κ3) is 9.24. The smallest absolute Gasteiger partial charge is 0.418 e. The molecule has 3 rings (SSSR count). The van der Waals surface area contributed by atoms with Crippen LogP contribution in [0, 0.1) is 5.82 Å². The number of carbonyl (C=O) groups is 4. The maximum absolute atomic E-state index is 15.3. The van der Waals surface area contributed by atoms with Gasteiger partial charge in [-0.25, -0.2) is 28.0 Å². The zero-order valence-corrected chi connectivity index (χ0v) is 23.8. The summed E-state index contributed by atoms with van der Waals surface area (Å²) in [6.07, 6.45) is -2.79. The summed E-state index contributed by atoms with van der Waals surface area (Å²) in [6.45, 7) is -1.77. The molecule has 1 aromatic carbocycles. The van der Waals surface area contributed by atoms with E-state index in [4.69, 9.17) is 37.0 Å². The standard InChI is InChI=1S/C23H24ClF5N2O5.C4H4O4/c1-34-21(32)17-14(9-25)31-15(10-35-8-7-30)18(22(33)36-11-3-2-4-11)19(17)16-13(26)6-5-12(24)20(16)23(27,28)29;5-3(6)1-2-4(7)8/h5-6,11,19,31H,2-4,7-10,30H2,1H3;1-2H,(H,5,6)(H,7,8). The molecule has 0 radical (unpaired) electrons. The molecule has 5 N–H and O–H groups in total. The topological polar surface area (TPSA) is 174 Å². The van der Waals surface area contributed by atoms with Gasteiger partial charge in [0.25, 0.3) is 0 Å². The first-order valence-corrected chi connectivity index (χ1v) is 13.1. The van der Waals surface area contributed by atoms with Crippen LogP contribution in [0.15, 0.2) is 46.8 Å². The van der Waals surface area contributed by atoms with Crippen LogP contribution in [-0.2, 0) is 39.6 Å². The lowest BCUT2D eigenvalue weighted by atomic mass is 9.77. The average Bonchev–Trinajstić information content (AvgIpc) is 2.93. The van der Waals surface area contributed by atoms with E-state index in [1.165, 1.54) is 0 Å². The summed E-state index contributed by atoms with van der Waals surface area (Å²) in [5, 5.41) is 17.3. The van der Waals surface area contributed by atoms with Gasteiger partial charge in [-0.3, -0.25) is 0 Å². The maximum Gasteiger partial charge on any atom is 0.418 e. The van der Waals surface area contributed by atoms with E-state index >= 15 is 4.39 Å². The SMILES string of the molecule is COC(=O)C1=C(CF)NC(COCCN)=C(C(=O)OC2CCC2)C1c1c(F)ccc(Cl)c1C(F)(F)F.O=C(O)C=CC(=O)O. The lowest BCUT2D eigenvalue weighted by molar-refractivity contribution is -0.149. The third-order valence-corrected chi connectivity index (χ3v) is 6.52. The van der Waals surface area contributed by atoms with Crippen LogP contribution in [-0.4, -0.2) is 73.7 Å². The summed E-state index contributed by atoms with van der Waals surface area (Å²) >= 11 is 5.84. The molecule has 0 saturated heterocycles. The quantitative estimate of drug-likeness (QED) is 0.119. The number of hydrogen-bond acceptors (Lipinski definition) is 9. The summed E-state index contributed by atoms with van der Waals surface area (Å²) in [5.41, 5.74) is 0.650. The van der Waals surface area contributed by atoms with Crippen molar-refractivity contribution >= 4 is 35.5 Å². The van der Waals surface area contributed by atoms with E-state index in [0.717, 1.165) is 13.5 Å². The molecule has 1 fully saturated rings. The predicted octanol–water partition coefficient (Wildman–Crippen LogP) is 3.62. The van der Waals surface area contributed by atoms with Gasteiger partial charge >= 0.3 is 30.1 Å². The van der Waals surface area contributed by atoms with Crippen molar-refractivity contribution in [3.05, 3.63) is 68.8 Å². The molecule has 1 aliphatic heterocycles. The van der Waals surface area contributed by atoms with Crippen LogP contribution in [0.25, 0.3) is 0 Å². The Morgan fingerprint density at radius 1 is 1.07 bits per heavy atom. The van der Waals surface area contributed by atoms with Gasteiger partial charge in [0.15, 0.2) is 0 Å². The number of carboxylic acid groups (broad SMARTS) is 2. The Kier molecular flexibility index (Phi) is 13.3. The van der Waals surface area contributed by atoms with Crippen molar-refractivity contribution in [3.63, 3.8) is 0 Å². The van der Waals surface area contributed by atoms with Gasteiger partial charge in [0.2, 0.25) is 0 Å². The number of hydrogen-bond donors (Lipinski definition) is 4. The van der Waals surface area contributed by atoms with E-state index in [1.807, 2.05) is 0 Å². The van der Waals surface area contributed by atoms with Crippen molar-refractivity contribution < 1.29 is 65.6 Å². The minimum absolute atomic E-state index is 0.0152. The molecule has 0 amide bonds. The fourth-order valence-electron chi connectivity index (χ4n) is 4.15. The van der Waals surface area contributed by atoms with Crippen molar-refractivity contribution in [3.8, 4) is 0 Å². The number of benzene rings is 1. The zero-order chi connectivity index (χ0) is 33.2. The van der Waals surface area contributed by atoms with Gasteiger partial charge in [-0.15, -0.1) is 0 Å². The molecular formula is C27H28ClF5N2O9. The first-order valence-electron chi connectivity index (χ1n) is 12.7. The van der Waals surface area contributed by atoms with E-state index in [9.17, 15) is 36.7 Å². The molecule has 17 heteroatoms. The monoisotopic (exact) mass is 654 g/mol. The van der Waals surface area contributed by atoms with E-state index < -0.39 is 94.2 Å². The maximum atomic E-state index is 15.3. The second kappa shape index (κ2) is 16.2. The number of alkyl halides is 4. The van der Waals surface area contributed by atoms with Crippen LogP contribution in [0.3, 0.4) is 0 Å². The third-order valence-electron chi connectivity index (χ3n) is 6.20. The Hall–Kier alpha value is -4.02. The zero-order valence-electron chi connectivity index (χ0n) is 23.0. The number of esters is 2. The summed E-state index contributed by atoms with van der Waals surface area (Å²) < 4.78 is 87.2. The van der Waals surface area contributed by atoms with Crippen LogP contribution in [0.5, 0.6) is 0 Å². The van der Waals surface area contributed by atoms with Gasteiger partial charge in [-0.1, -0.05) is 11.6 Å². The van der Waals surface area contributed by atoms with Crippen LogP contribution < -0.4 is 11.1 Å². The number of nitrogens with two attached hydrogens (primary N) is 1. The Morgan fingerprint density at radius 2 is 1.66 bits per heavy atom. The number of rotatable bonds is 11. The molecule has 1 unspecified atom stereocenters. The lowest BCUT2D eigenvalue weighted by Crippen LogP contribution is -2.38. The molecular weight excluding hydrogens is 627 g/mol. The Labute approximate surface area is 252 Å². The number of ether oxygens (including phenoxy) is 3. The van der Waals surface area contributed by atoms with Crippen LogP contribution in [0.1, 0.15) is 36.3 Å². The van der Waals surface area contributed by atoms with Gasteiger partial charge < -0.3 is 35.5 Å². The highest BCUT2D eigenvalue weighted by atomic mass is 35.5. The van der Waals surface area contributed by atoms with E-state index in [1.54, 1.807) is 0 Å². The molecule has 44 heavy (non-hydrogen) atoms. The summed E-state index contributed by atoms with van der Waals surface area (Å²) in [6, 6.07) is 1.36.